The molecule has 0 aromatic carbocycles. The molecule has 0 spiro atoms. The summed E-state index contributed by atoms with van der Waals surface area (Å²) >= 11 is 1.17. The molecule has 1 aliphatic heterocycles. The lowest BCUT2D eigenvalue weighted by Gasteiger charge is -2.31. The summed E-state index contributed by atoms with van der Waals surface area (Å²) in [5.74, 6) is -3.05. The van der Waals surface area contributed by atoms with Crippen molar-refractivity contribution in [3.63, 3.8) is 0 Å². The fourth-order valence-corrected chi connectivity index (χ4v) is 3.57. The number of carbonyl (C=O) groups excluding carboxylic acids is 3. The van der Waals surface area contributed by atoms with Gasteiger partial charge in [-0.2, -0.15) is 13.2 Å². The average Bonchev–Trinajstić information content (AvgIpc) is 3.14. The van der Waals surface area contributed by atoms with Crippen LogP contribution < -0.4 is 5.32 Å². The number of carbonyl (C=O) groups is 3. The molecule has 2 heterocycles. The van der Waals surface area contributed by atoms with Gasteiger partial charge in [-0.1, -0.05) is 6.07 Å². The Morgan fingerprint density at radius 3 is 2.50 bits per heavy atom. The van der Waals surface area contributed by atoms with Crippen LogP contribution in [0.25, 0.3) is 0 Å². The maximum Gasteiger partial charge on any atom is 0.471 e. The van der Waals surface area contributed by atoms with Crippen LogP contribution in [0.5, 0.6) is 0 Å². The highest BCUT2D eigenvalue weighted by Crippen LogP contribution is 2.26. The fourth-order valence-electron chi connectivity index (χ4n) is 2.79. The van der Waals surface area contributed by atoms with Crippen LogP contribution in [0, 0.1) is 5.92 Å². The number of thiophene rings is 1. The highest BCUT2D eigenvalue weighted by Gasteiger charge is 2.40. The lowest BCUT2D eigenvalue weighted by molar-refractivity contribution is -0.174. The molecule has 2 rings (SSSR count). The van der Waals surface area contributed by atoms with Crippen LogP contribution in [0.15, 0.2) is 17.5 Å². The summed E-state index contributed by atoms with van der Waals surface area (Å²) in [6.45, 7) is 0.645. The van der Waals surface area contributed by atoms with Crippen LogP contribution in [-0.4, -0.2) is 49.1 Å². The largest absolute Gasteiger partial charge is 0.471 e. The van der Waals surface area contributed by atoms with Gasteiger partial charge in [0.1, 0.15) is 0 Å². The molecule has 0 saturated carbocycles. The van der Waals surface area contributed by atoms with Gasteiger partial charge in [0.15, 0.2) is 0 Å². The fraction of sp³-hybridized carbons (Fsp3) is 0.562. The van der Waals surface area contributed by atoms with E-state index in [-0.39, 0.29) is 24.2 Å². The monoisotopic (exact) mass is 392 g/mol. The molecular formula is C16H19F3N2O4S. The number of halogens is 3. The van der Waals surface area contributed by atoms with Crippen molar-refractivity contribution in [1.82, 2.24) is 10.2 Å². The second-order valence-corrected chi connectivity index (χ2v) is 6.90. The Labute approximate surface area is 152 Å². The Kier molecular flexibility index (Phi) is 6.63. The van der Waals surface area contributed by atoms with Crippen molar-refractivity contribution >= 4 is 29.1 Å². The topological polar surface area (TPSA) is 75.7 Å². The molecule has 144 valence electrons. The van der Waals surface area contributed by atoms with Gasteiger partial charge in [-0.3, -0.25) is 14.4 Å². The van der Waals surface area contributed by atoms with Gasteiger partial charge in [-0.05, 0) is 24.3 Å². The zero-order valence-corrected chi connectivity index (χ0v) is 14.9. The number of hydrogen-bond acceptors (Lipinski definition) is 5. The Bertz CT molecular complexity index is 640. The number of nitrogens with one attached hydrogen (secondary N) is 1. The summed E-state index contributed by atoms with van der Waals surface area (Å²) in [5, 5.41) is 3.55. The highest BCUT2D eigenvalue weighted by molar-refractivity contribution is 7.10. The summed E-state index contributed by atoms with van der Waals surface area (Å²) in [5.41, 5.74) is 0. The molecule has 0 unspecified atom stereocenters. The number of hydrogen-bond donors (Lipinski definition) is 1. The number of piperidine rings is 1. The number of amides is 2. The molecule has 6 nitrogen and oxygen atoms in total. The van der Waals surface area contributed by atoms with Crippen molar-refractivity contribution in [3.05, 3.63) is 22.4 Å². The molecule has 2 amide bonds. The van der Waals surface area contributed by atoms with E-state index in [0.717, 1.165) is 0 Å². The van der Waals surface area contributed by atoms with E-state index in [0.29, 0.717) is 30.8 Å². The number of likely N-dealkylation sites (tertiary alicyclic amines) is 1. The summed E-state index contributed by atoms with van der Waals surface area (Å²) in [4.78, 5) is 37.2. The van der Waals surface area contributed by atoms with Crippen molar-refractivity contribution in [2.45, 2.75) is 31.5 Å². The van der Waals surface area contributed by atoms with Gasteiger partial charge in [-0.15, -0.1) is 11.3 Å². The van der Waals surface area contributed by atoms with Crippen LogP contribution in [0.1, 0.15) is 30.2 Å². The number of rotatable bonds is 5. The van der Waals surface area contributed by atoms with Crippen molar-refractivity contribution in [1.29, 1.82) is 0 Å². The van der Waals surface area contributed by atoms with Crippen LogP contribution in [0.2, 0.25) is 0 Å². The van der Waals surface area contributed by atoms with Gasteiger partial charge in [0.2, 0.25) is 5.91 Å². The average molecular weight is 392 g/mol. The van der Waals surface area contributed by atoms with E-state index in [1.165, 1.54) is 23.3 Å². The molecule has 1 saturated heterocycles. The Morgan fingerprint density at radius 2 is 2.00 bits per heavy atom. The summed E-state index contributed by atoms with van der Waals surface area (Å²) in [6.07, 6.45) is -4.41. The minimum Gasteiger partial charge on any atom is -0.469 e. The number of esters is 1. The molecule has 0 bridgehead atoms. The van der Waals surface area contributed by atoms with Gasteiger partial charge in [-0.25, -0.2) is 0 Å². The minimum absolute atomic E-state index is 0.273. The van der Waals surface area contributed by atoms with E-state index in [2.05, 4.69) is 4.74 Å². The smallest absolute Gasteiger partial charge is 0.469 e. The Hall–Kier alpha value is -2.10. The van der Waals surface area contributed by atoms with Crippen LogP contribution in [0.4, 0.5) is 13.2 Å². The van der Waals surface area contributed by atoms with Gasteiger partial charge in [0, 0.05) is 18.0 Å². The van der Waals surface area contributed by atoms with Crippen LogP contribution in [-0.2, 0) is 19.1 Å². The van der Waals surface area contributed by atoms with E-state index >= 15 is 0 Å². The zero-order valence-electron chi connectivity index (χ0n) is 14.0. The third-order valence-corrected chi connectivity index (χ3v) is 5.20. The number of ether oxygens (including phenoxy) is 1. The predicted octanol–water partition coefficient (Wildman–Crippen LogP) is 2.27. The van der Waals surface area contributed by atoms with Gasteiger partial charge >= 0.3 is 18.1 Å². The quantitative estimate of drug-likeness (QED) is 0.780. The maximum absolute atomic E-state index is 12.5. The van der Waals surface area contributed by atoms with Gasteiger partial charge in [0.05, 0.1) is 25.5 Å². The number of methoxy groups -OCH3 is 1. The number of alkyl halides is 3. The minimum atomic E-state index is -5.02. The molecule has 1 aromatic heterocycles. The first-order valence-corrected chi connectivity index (χ1v) is 8.87. The van der Waals surface area contributed by atoms with Crippen molar-refractivity contribution < 1.29 is 32.3 Å². The lowest BCUT2D eigenvalue weighted by atomic mass is 9.96. The second-order valence-electron chi connectivity index (χ2n) is 5.92. The normalized spacial score (nSPS) is 16.8. The van der Waals surface area contributed by atoms with E-state index in [4.69, 9.17) is 0 Å². The van der Waals surface area contributed by atoms with E-state index in [1.54, 1.807) is 17.5 Å². The molecule has 1 fully saturated rings. The molecule has 26 heavy (non-hydrogen) atoms. The van der Waals surface area contributed by atoms with Crippen molar-refractivity contribution in [3.8, 4) is 0 Å². The molecule has 1 aliphatic rings. The standard InChI is InChI=1S/C16H19F3N2O4S/c1-25-14(23)10-4-6-21(7-5-10)13(22)9-11(12-3-2-8-26-12)20-15(24)16(17,18)19/h2-3,8,10-11H,4-7,9H2,1H3,(H,20,24)/t11-/m1/s1. The first-order chi connectivity index (χ1) is 12.2. The summed E-state index contributed by atoms with van der Waals surface area (Å²) < 4.78 is 42.3. The van der Waals surface area contributed by atoms with Gasteiger partial charge < -0.3 is 15.0 Å². The third-order valence-electron chi connectivity index (χ3n) is 4.21. The molecule has 1 atom stereocenters. The molecule has 1 aromatic rings. The molecule has 0 radical (unpaired) electrons. The molecule has 0 aliphatic carbocycles. The molecule has 10 heteroatoms. The summed E-state index contributed by atoms with van der Waals surface area (Å²) in [6, 6.07) is 2.16. The first kappa shape index (κ1) is 20.2. The maximum atomic E-state index is 12.5. The van der Waals surface area contributed by atoms with Crippen molar-refractivity contribution in [2.24, 2.45) is 5.92 Å². The molecule has 1 N–H and O–H groups in total. The van der Waals surface area contributed by atoms with Crippen LogP contribution in [0.3, 0.4) is 0 Å². The Morgan fingerprint density at radius 1 is 1.35 bits per heavy atom. The Balaban J connectivity index is 1.99. The zero-order chi connectivity index (χ0) is 19.3. The second kappa shape index (κ2) is 8.52. The SMILES string of the molecule is COC(=O)C1CCN(C(=O)C[C@@H](NC(=O)C(F)(F)F)c2cccs2)CC1. The van der Waals surface area contributed by atoms with Gasteiger partial charge in [0.25, 0.3) is 0 Å². The predicted molar refractivity (Wildman–Crippen MR) is 87.2 cm³/mol. The third kappa shape index (κ3) is 5.20. The molecular weight excluding hydrogens is 373 g/mol. The van der Waals surface area contributed by atoms with Crippen LogP contribution >= 0.6 is 11.3 Å². The van der Waals surface area contributed by atoms with E-state index in [9.17, 15) is 27.6 Å². The van der Waals surface area contributed by atoms with E-state index in [1.807, 2.05) is 5.32 Å². The highest BCUT2D eigenvalue weighted by atomic mass is 32.1. The lowest BCUT2D eigenvalue weighted by Crippen LogP contribution is -2.44. The number of nitrogens with zero attached hydrogens (tertiary/aromatic N) is 1. The first-order valence-electron chi connectivity index (χ1n) is 7.99. The van der Waals surface area contributed by atoms with E-state index < -0.39 is 18.1 Å². The van der Waals surface area contributed by atoms with Crippen molar-refractivity contribution in [2.75, 3.05) is 20.2 Å². The summed E-state index contributed by atoms with van der Waals surface area (Å²) in [7, 11) is 1.30.